The van der Waals surface area contributed by atoms with Crippen LogP contribution < -0.4 is 10.6 Å². The molecule has 0 aliphatic rings. The quantitative estimate of drug-likeness (QED) is 0.619. The summed E-state index contributed by atoms with van der Waals surface area (Å²) in [6.45, 7) is 0. The molecule has 4 nitrogen and oxygen atoms in total. The van der Waals surface area contributed by atoms with E-state index in [1.54, 1.807) is 18.2 Å². The highest BCUT2D eigenvalue weighted by Crippen LogP contribution is 2.21. The van der Waals surface area contributed by atoms with Gasteiger partial charge in [0, 0.05) is 8.59 Å². The maximum atomic E-state index is 11.3. The predicted molar refractivity (Wildman–Crippen MR) is 72.1 cm³/mol. The predicted octanol–water partition coefficient (Wildman–Crippen LogP) is 2.83. The summed E-state index contributed by atoms with van der Waals surface area (Å²) < 4.78 is 0.776. The van der Waals surface area contributed by atoms with Gasteiger partial charge in [0.15, 0.2) is 0 Å². The molecule has 3 amide bonds. The van der Waals surface area contributed by atoms with E-state index in [4.69, 9.17) is 23.2 Å². The Morgan fingerprint density at radius 2 is 2.06 bits per heavy atom. The van der Waals surface area contributed by atoms with Crippen molar-refractivity contribution < 1.29 is 9.59 Å². The number of amides is 3. The summed E-state index contributed by atoms with van der Waals surface area (Å²) in [6, 6.07) is 4.37. The molecule has 0 spiro atoms. The molecule has 86 valence electrons. The van der Waals surface area contributed by atoms with Gasteiger partial charge < -0.3 is 5.32 Å². The smallest absolute Gasteiger partial charge is 0.307 e. The van der Waals surface area contributed by atoms with E-state index in [1.807, 2.05) is 22.6 Å². The SMILES string of the molecule is O=C(CCl)NC(=O)Nc1ccc(Cl)cc1I. The van der Waals surface area contributed by atoms with Gasteiger partial charge in [0.2, 0.25) is 5.91 Å². The van der Waals surface area contributed by atoms with Gasteiger partial charge in [0.25, 0.3) is 0 Å². The number of carbonyl (C=O) groups excluding carboxylic acids is 2. The highest BCUT2D eigenvalue weighted by molar-refractivity contribution is 14.1. The van der Waals surface area contributed by atoms with E-state index < -0.39 is 11.9 Å². The molecule has 0 aliphatic heterocycles. The molecule has 0 atom stereocenters. The van der Waals surface area contributed by atoms with Crippen LogP contribution in [0.25, 0.3) is 0 Å². The van der Waals surface area contributed by atoms with Crippen molar-refractivity contribution >= 4 is 63.4 Å². The number of hydrogen-bond donors (Lipinski definition) is 2. The van der Waals surface area contributed by atoms with Gasteiger partial charge in [-0.05, 0) is 40.8 Å². The first-order valence-corrected chi connectivity index (χ1v) is 6.14. The first-order valence-electron chi connectivity index (χ1n) is 4.15. The van der Waals surface area contributed by atoms with Crippen molar-refractivity contribution in [1.82, 2.24) is 5.32 Å². The van der Waals surface area contributed by atoms with Gasteiger partial charge in [-0.25, -0.2) is 4.79 Å². The van der Waals surface area contributed by atoms with Crippen LogP contribution in [0.4, 0.5) is 10.5 Å². The van der Waals surface area contributed by atoms with Crippen molar-refractivity contribution in [2.75, 3.05) is 11.2 Å². The van der Waals surface area contributed by atoms with Crippen molar-refractivity contribution in [2.45, 2.75) is 0 Å². The van der Waals surface area contributed by atoms with Crippen molar-refractivity contribution in [3.8, 4) is 0 Å². The lowest BCUT2D eigenvalue weighted by Crippen LogP contribution is -2.35. The zero-order chi connectivity index (χ0) is 12.1. The molecule has 16 heavy (non-hydrogen) atoms. The molecule has 1 aromatic rings. The minimum atomic E-state index is -0.620. The molecule has 0 heterocycles. The van der Waals surface area contributed by atoms with Crippen molar-refractivity contribution in [1.29, 1.82) is 0 Å². The molecule has 0 aliphatic carbocycles. The molecule has 0 aromatic heterocycles. The summed E-state index contributed by atoms with van der Waals surface area (Å²) in [5.41, 5.74) is 0.574. The van der Waals surface area contributed by atoms with Gasteiger partial charge in [-0.1, -0.05) is 11.6 Å². The molecule has 7 heteroatoms. The van der Waals surface area contributed by atoms with Crippen LogP contribution in [0.5, 0.6) is 0 Å². The van der Waals surface area contributed by atoms with Gasteiger partial charge >= 0.3 is 6.03 Å². The monoisotopic (exact) mass is 372 g/mol. The van der Waals surface area contributed by atoms with Gasteiger partial charge in [-0.15, -0.1) is 11.6 Å². The van der Waals surface area contributed by atoms with Crippen LogP contribution in [0, 0.1) is 3.57 Å². The molecule has 1 aromatic carbocycles. The Morgan fingerprint density at radius 3 is 2.62 bits per heavy atom. The Balaban J connectivity index is 2.66. The summed E-state index contributed by atoms with van der Waals surface area (Å²) in [5, 5.41) is 5.15. The number of rotatable bonds is 2. The fourth-order valence-corrected chi connectivity index (χ4v) is 1.98. The van der Waals surface area contributed by atoms with E-state index in [2.05, 4.69) is 10.6 Å². The number of nitrogens with one attached hydrogen (secondary N) is 2. The number of benzene rings is 1. The topological polar surface area (TPSA) is 58.2 Å². The van der Waals surface area contributed by atoms with Crippen LogP contribution in [-0.2, 0) is 4.79 Å². The maximum absolute atomic E-state index is 11.3. The number of imide groups is 1. The van der Waals surface area contributed by atoms with Crippen molar-refractivity contribution in [3.05, 3.63) is 26.8 Å². The van der Waals surface area contributed by atoms with Crippen LogP contribution in [-0.4, -0.2) is 17.8 Å². The summed E-state index contributed by atoms with van der Waals surface area (Å²) in [4.78, 5) is 22.1. The third-order valence-corrected chi connectivity index (χ3v) is 2.92. The Morgan fingerprint density at radius 1 is 1.38 bits per heavy atom. The fraction of sp³-hybridized carbons (Fsp3) is 0.111. The number of anilines is 1. The maximum Gasteiger partial charge on any atom is 0.325 e. The Labute approximate surface area is 116 Å². The fourth-order valence-electron chi connectivity index (χ4n) is 0.904. The van der Waals surface area contributed by atoms with Crippen LogP contribution in [0.15, 0.2) is 18.2 Å². The minimum Gasteiger partial charge on any atom is -0.307 e. The molecule has 0 radical (unpaired) electrons. The van der Waals surface area contributed by atoms with Gasteiger partial charge in [0.05, 0.1) is 5.69 Å². The standard InChI is InChI=1S/C9H7Cl2IN2O2/c10-4-8(15)14-9(16)13-7-2-1-5(11)3-6(7)12/h1-3H,4H2,(H2,13,14,15,16). The second-order valence-electron chi connectivity index (χ2n) is 2.76. The lowest BCUT2D eigenvalue weighted by Gasteiger charge is -2.07. The summed E-state index contributed by atoms with van der Waals surface area (Å²) in [5.74, 6) is -0.811. The van der Waals surface area contributed by atoms with Gasteiger partial charge in [-0.3, -0.25) is 10.1 Å². The van der Waals surface area contributed by atoms with E-state index >= 15 is 0 Å². The largest absolute Gasteiger partial charge is 0.325 e. The number of alkyl halides is 1. The Hall–Kier alpha value is -0.530. The molecular weight excluding hydrogens is 366 g/mol. The van der Waals surface area contributed by atoms with Gasteiger partial charge in [-0.2, -0.15) is 0 Å². The summed E-state index contributed by atoms with van der Waals surface area (Å²) in [6.07, 6.45) is 0. The normalized spacial score (nSPS) is 9.69. The molecule has 1 rings (SSSR count). The second kappa shape index (κ2) is 6.27. The van der Waals surface area contributed by atoms with E-state index in [-0.39, 0.29) is 5.88 Å². The van der Waals surface area contributed by atoms with Gasteiger partial charge in [0.1, 0.15) is 5.88 Å². The molecule has 0 bridgehead atoms. The van der Waals surface area contributed by atoms with E-state index in [1.165, 1.54) is 0 Å². The molecule has 0 saturated heterocycles. The Kier molecular flexibility index (Phi) is 5.30. The average Bonchev–Trinajstić information content (AvgIpc) is 2.22. The summed E-state index contributed by atoms with van der Waals surface area (Å²) >= 11 is 13.0. The lowest BCUT2D eigenvalue weighted by molar-refractivity contribution is -0.117. The molecule has 2 N–H and O–H groups in total. The van der Waals surface area contributed by atoms with E-state index in [0.717, 1.165) is 3.57 Å². The number of hydrogen-bond acceptors (Lipinski definition) is 2. The van der Waals surface area contributed by atoms with Crippen LogP contribution in [0.3, 0.4) is 0 Å². The lowest BCUT2D eigenvalue weighted by atomic mass is 10.3. The van der Waals surface area contributed by atoms with Crippen molar-refractivity contribution in [2.24, 2.45) is 0 Å². The minimum absolute atomic E-state index is 0.259. The number of carbonyl (C=O) groups is 2. The van der Waals surface area contributed by atoms with E-state index in [9.17, 15) is 9.59 Å². The number of halogens is 3. The third kappa shape index (κ3) is 4.15. The van der Waals surface area contributed by atoms with E-state index in [0.29, 0.717) is 10.7 Å². The first-order chi connectivity index (χ1) is 7.52. The van der Waals surface area contributed by atoms with Crippen molar-refractivity contribution in [3.63, 3.8) is 0 Å². The second-order valence-corrected chi connectivity index (χ2v) is 4.63. The average molecular weight is 373 g/mol. The highest BCUT2D eigenvalue weighted by Gasteiger charge is 2.08. The van der Waals surface area contributed by atoms with Crippen LogP contribution in [0.2, 0.25) is 5.02 Å². The zero-order valence-corrected chi connectivity index (χ0v) is 11.6. The third-order valence-electron chi connectivity index (χ3n) is 1.55. The molecular formula is C9H7Cl2IN2O2. The summed E-state index contributed by atoms with van der Waals surface area (Å²) in [7, 11) is 0. The van der Waals surface area contributed by atoms with Crippen LogP contribution >= 0.6 is 45.8 Å². The van der Waals surface area contributed by atoms with Crippen LogP contribution in [0.1, 0.15) is 0 Å². The molecule has 0 saturated carbocycles. The zero-order valence-electron chi connectivity index (χ0n) is 7.89. The highest BCUT2D eigenvalue weighted by atomic mass is 127. The number of urea groups is 1. The molecule has 0 unspecified atom stereocenters. The first kappa shape index (κ1) is 13.5. The Bertz CT molecular complexity index is 426. The molecule has 0 fully saturated rings.